The lowest BCUT2D eigenvalue weighted by Crippen LogP contribution is -2.61. The number of unbranched alkanes of at least 4 members (excludes halogenated alkanes) is 1. The Bertz CT molecular complexity index is 4660. The highest BCUT2D eigenvalue weighted by Gasteiger charge is 2.43. The Morgan fingerprint density at radius 1 is 0.481 bits per heavy atom. The van der Waals surface area contributed by atoms with Crippen LogP contribution < -0.4 is 57.9 Å². The predicted molar refractivity (Wildman–Crippen MR) is 475 cm³/mol. The molecule has 2 aliphatic heterocycles. The number of carbonyl (C=O) groups is 13. The molecule has 8 rings (SSSR count). The van der Waals surface area contributed by atoms with Gasteiger partial charge in [-0.3, -0.25) is 53.4 Å². The minimum atomic E-state index is -4.14. The Labute approximate surface area is 765 Å². The molecule has 129 heavy (non-hydrogen) atoms. The van der Waals surface area contributed by atoms with E-state index in [0.717, 1.165) is 30.4 Å². The second kappa shape index (κ2) is 52.4. The van der Waals surface area contributed by atoms with Gasteiger partial charge in [-0.05, 0) is 152 Å². The van der Waals surface area contributed by atoms with Crippen LogP contribution in [0.1, 0.15) is 152 Å². The number of rotatable bonds is 47. The number of alkyl carbamates (subject to hydrolysis) is 2. The maximum atomic E-state index is 15.2. The molecule has 5 aromatic carbocycles. The van der Waals surface area contributed by atoms with Crippen molar-refractivity contribution in [2.75, 3.05) is 59.2 Å². The summed E-state index contributed by atoms with van der Waals surface area (Å²) in [6.07, 6.45) is 1.65. The largest absolute Gasteiger partial charge is 0.462 e. The number of aryl methyl sites for hydroxylation is 1. The van der Waals surface area contributed by atoms with Crippen LogP contribution in [0, 0.1) is 12.3 Å². The van der Waals surface area contributed by atoms with Crippen molar-refractivity contribution >= 4 is 128 Å². The van der Waals surface area contributed by atoms with Crippen LogP contribution in [0.25, 0.3) is 0 Å². The second-order valence-corrected chi connectivity index (χ2v) is 36.6. The highest BCUT2D eigenvalue weighted by atomic mass is 35.6. The molecule has 0 bridgehead atoms. The molecule has 2 heterocycles. The van der Waals surface area contributed by atoms with E-state index in [1.807, 2.05) is 6.07 Å². The number of likely N-dealkylation sites (tertiary alicyclic amines) is 2. The highest BCUT2D eigenvalue weighted by molar-refractivity contribution is 7.90. The molecular weight excluding hydrogens is 1760 g/mol. The molecule has 1 saturated carbocycles. The molecular formula is C89H117Cl3N14O22S. The molecule has 0 unspecified atom stereocenters. The van der Waals surface area contributed by atoms with E-state index in [4.69, 9.17) is 73.4 Å². The number of halogens is 3. The van der Waals surface area contributed by atoms with Crippen LogP contribution in [0.15, 0.2) is 150 Å². The topological polar surface area (TPSA) is 483 Å². The van der Waals surface area contributed by atoms with Gasteiger partial charge in [0.25, 0.3) is 10.0 Å². The fourth-order valence-corrected chi connectivity index (χ4v) is 15.2. The third kappa shape index (κ3) is 37.0. The SMILES string of the molecule is Cc1ccc(S(=O)(=O)NC(=N)NCCC[C@H](NC(=O)OC(C)(C)C)C(=O)NCC(=O)N[C@@H](CC(=O)OC2CCCCC2)C(=O)N[C@@H](COCc2ccccc2)C(=O)N2CCC[C@H]2C(=O)N[C@@H](C)C(=O)N[C@@H](COCc2ccccc2)C(=O)N[C@@H](COCc2ccccc2)C(=O)N[C@@H](CCCCNC(=O)OCc2ccccc2)C(=O)N2CCC[C@H]2C(=O)OCC(Cl)(Cl)Cl)cc1. The fourth-order valence-electron chi connectivity index (χ4n) is 14.1. The third-order valence-electron chi connectivity index (χ3n) is 20.7. The van der Waals surface area contributed by atoms with E-state index in [-0.39, 0.29) is 109 Å². The molecule has 0 aromatic heterocycles. The fraction of sp³-hybridized carbons (Fsp3) is 0.506. The first-order valence-corrected chi connectivity index (χ1v) is 45.5. The molecule has 11 amide bonds. The Kier molecular flexibility index (Phi) is 41.9. The summed E-state index contributed by atoms with van der Waals surface area (Å²) in [5, 5.41) is 34.3. The van der Waals surface area contributed by atoms with Gasteiger partial charge in [-0.15, -0.1) is 0 Å². The summed E-state index contributed by atoms with van der Waals surface area (Å²) in [5.74, 6) is -10.6. The van der Waals surface area contributed by atoms with Gasteiger partial charge in [0.1, 0.15) is 79.3 Å². The van der Waals surface area contributed by atoms with Crippen molar-refractivity contribution in [2.45, 2.75) is 232 Å². The molecule has 40 heteroatoms. The van der Waals surface area contributed by atoms with Crippen LogP contribution in [0.3, 0.4) is 0 Å². The van der Waals surface area contributed by atoms with Crippen molar-refractivity contribution in [3.8, 4) is 0 Å². The lowest BCUT2D eigenvalue weighted by Gasteiger charge is -2.31. The summed E-state index contributed by atoms with van der Waals surface area (Å²) in [5.41, 5.74) is 2.60. The molecule has 0 spiro atoms. The molecule has 36 nitrogen and oxygen atoms in total. The average Bonchev–Trinajstić information content (AvgIpc) is 1.08. The standard InChI is InChI=1S/C89H117Cl3N14O22S/c1-58-40-42-65(43-41-58)129(120,121)104-85(93)94-45-23-37-66(103-87(119)128-88(3,4)5)77(110)96-49-74(107)98-68(48-75(108)127-64-34-19-10-20-35-64)78(111)102-71(56-124-52-62-30-15-8-16-31-62)83(116)105-46-24-38-72(105)81(114)97-59(2)76(109)100-69(54-122-50-60-26-11-6-12-27-60)80(113)101-70(55-123-51-61-28-13-7-14-29-61)79(112)99-67(36-21-22-44-95-86(118)125-53-63-32-17-9-18-33-63)82(115)106-47-25-39-73(106)84(117)126-57-89(90,91)92/h6-9,11-18,26-33,40-43,59,64,66-73H,10,19-25,34-39,44-57H2,1-5H3,(H,95,118)(H,96,110)(H,97,114)(H,98,107)(H,99,112)(H,100,109)(H,101,113)(H,102,111)(H,103,119)(H3,93,94,104)/t59-,66-,67-,68-,69-,70-,71-,72-,73-/m0/s1. The van der Waals surface area contributed by atoms with Crippen LogP contribution in [0.2, 0.25) is 0 Å². The van der Waals surface area contributed by atoms with E-state index in [1.54, 1.807) is 155 Å². The van der Waals surface area contributed by atoms with Gasteiger partial charge in [0.2, 0.25) is 62.9 Å². The first-order chi connectivity index (χ1) is 61.6. The summed E-state index contributed by atoms with van der Waals surface area (Å²) in [6.45, 7) is 4.63. The van der Waals surface area contributed by atoms with Gasteiger partial charge in [0.15, 0.2) is 0 Å². The molecule has 1 aliphatic carbocycles. The summed E-state index contributed by atoms with van der Waals surface area (Å²) in [6, 6.07) is 28.0. The van der Waals surface area contributed by atoms with E-state index in [2.05, 4.69) is 57.9 Å². The highest BCUT2D eigenvalue weighted by Crippen LogP contribution is 2.29. The van der Waals surface area contributed by atoms with Crippen molar-refractivity contribution in [3.63, 3.8) is 0 Å². The number of sulfonamides is 1. The van der Waals surface area contributed by atoms with Gasteiger partial charge < -0.3 is 96.1 Å². The molecule has 12 N–H and O–H groups in total. The minimum absolute atomic E-state index is 0.0111. The van der Waals surface area contributed by atoms with Crippen LogP contribution in [0.4, 0.5) is 9.59 Å². The number of esters is 2. The third-order valence-corrected chi connectivity index (χ3v) is 22.4. The summed E-state index contributed by atoms with van der Waals surface area (Å²) < 4.78 is 66.1. The summed E-state index contributed by atoms with van der Waals surface area (Å²) in [4.78, 5) is 188. The van der Waals surface area contributed by atoms with Crippen LogP contribution in [-0.2, 0) is 122 Å². The van der Waals surface area contributed by atoms with Crippen LogP contribution in [0.5, 0.6) is 0 Å². The van der Waals surface area contributed by atoms with Crippen molar-refractivity contribution in [3.05, 3.63) is 173 Å². The van der Waals surface area contributed by atoms with E-state index in [0.29, 0.717) is 36.0 Å². The number of amides is 11. The number of ether oxygens (including phenoxy) is 7. The smallest absolute Gasteiger partial charge is 0.408 e. The number of nitrogens with zero attached hydrogens (tertiary/aromatic N) is 2. The van der Waals surface area contributed by atoms with Gasteiger partial charge in [-0.2, -0.15) is 0 Å². The Hall–Kier alpha value is -11.2. The first kappa shape index (κ1) is 103. The van der Waals surface area contributed by atoms with Crippen LogP contribution >= 0.6 is 34.8 Å². The van der Waals surface area contributed by atoms with Gasteiger partial charge in [0, 0.05) is 26.2 Å². The van der Waals surface area contributed by atoms with Crippen molar-refractivity contribution < 1.29 is 104 Å². The van der Waals surface area contributed by atoms with Crippen molar-refractivity contribution in [1.82, 2.24) is 67.7 Å². The maximum absolute atomic E-state index is 15.2. The number of nitrogens with one attached hydrogen (secondary N) is 12. The van der Waals surface area contributed by atoms with Crippen LogP contribution in [-0.4, -0.2) is 230 Å². The zero-order chi connectivity index (χ0) is 93.5. The number of hydrogen-bond acceptors (Lipinski definition) is 23. The van der Waals surface area contributed by atoms with Crippen molar-refractivity contribution in [2.24, 2.45) is 0 Å². The normalized spacial score (nSPS) is 16.2. The minimum Gasteiger partial charge on any atom is -0.462 e. The van der Waals surface area contributed by atoms with Gasteiger partial charge in [-0.1, -0.05) is 180 Å². The van der Waals surface area contributed by atoms with E-state index < -0.39 is 203 Å². The first-order valence-electron chi connectivity index (χ1n) is 42.9. The van der Waals surface area contributed by atoms with E-state index in [1.165, 1.54) is 28.9 Å². The predicted octanol–water partition coefficient (Wildman–Crippen LogP) is 6.42. The quantitative estimate of drug-likeness (QED) is 0.00499. The monoisotopic (exact) mass is 1870 g/mol. The Balaban J connectivity index is 0.973. The molecule has 3 fully saturated rings. The Morgan fingerprint density at radius 2 is 0.961 bits per heavy atom. The van der Waals surface area contributed by atoms with Gasteiger partial charge in [-0.25, -0.2) is 27.5 Å². The van der Waals surface area contributed by atoms with Gasteiger partial charge in [0.05, 0.1) is 57.5 Å². The summed E-state index contributed by atoms with van der Waals surface area (Å²) >= 11 is 17.8. The van der Waals surface area contributed by atoms with E-state index >= 15 is 14.4 Å². The van der Waals surface area contributed by atoms with Gasteiger partial charge >= 0.3 is 24.1 Å². The average molecular weight is 1870 g/mol. The lowest BCUT2D eigenvalue weighted by atomic mass is 9.98. The molecule has 2 saturated heterocycles. The molecule has 0 radical (unpaired) electrons. The van der Waals surface area contributed by atoms with Crippen molar-refractivity contribution in [1.29, 1.82) is 5.41 Å². The molecule has 3 aliphatic rings. The molecule has 702 valence electrons. The maximum Gasteiger partial charge on any atom is 0.408 e. The number of benzene rings is 5. The second-order valence-electron chi connectivity index (χ2n) is 32.4. The number of hydrogen-bond donors (Lipinski definition) is 12. The zero-order valence-corrected chi connectivity index (χ0v) is 75.9. The number of guanidine groups is 1. The Morgan fingerprint density at radius 3 is 1.51 bits per heavy atom. The summed E-state index contributed by atoms with van der Waals surface area (Å²) in [7, 11) is -4.14. The number of carbonyl (C=O) groups excluding carboxylic acids is 13. The molecule has 9 atom stereocenters. The van der Waals surface area contributed by atoms with E-state index in [9.17, 15) is 56.4 Å². The lowest BCUT2D eigenvalue weighted by molar-refractivity contribution is -0.154. The zero-order valence-electron chi connectivity index (χ0n) is 72.8. The number of alkyl halides is 3. The molecule has 5 aromatic rings.